The molecule has 2 rings (SSSR count). The topological polar surface area (TPSA) is 0 Å². The summed E-state index contributed by atoms with van der Waals surface area (Å²) in [6, 6.07) is 6.09. The van der Waals surface area contributed by atoms with E-state index in [1.54, 1.807) is 11.3 Å². The Balaban J connectivity index is 2.82. The van der Waals surface area contributed by atoms with Gasteiger partial charge >= 0.3 is 0 Å². The summed E-state index contributed by atoms with van der Waals surface area (Å²) < 4.78 is 2.33. The molecule has 0 aliphatic carbocycles. The number of thiophene rings is 1. The maximum Gasteiger partial charge on any atom is 0.0580 e. The van der Waals surface area contributed by atoms with Crippen molar-refractivity contribution in [3.8, 4) is 0 Å². The van der Waals surface area contributed by atoms with Crippen molar-refractivity contribution in [1.29, 1.82) is 0 Å². The molecule has 0 fully saturated rings. The predicted molar refractivity (Wildman–Crippen MR) is 63.5 cm³/mol. The molecule has 0 bridgehead atoms. The van der Waals surface area contributed by atoms with Gasteiger partial charge in [-0.25, -0.2) is 0 Å². The zero-order chi connectivity index (χ0) is 9.42. The number of aryl methyl sites for hydroxylation is 1. The molecule has 0 nitrogen and oxygen atoms in total. The standard InChI is InChI=1S/C10H9ClS2/c1-2-7-8(11)4-3-6-5-9(12)13-10(6)7/h3-5,12H,2H2,1H3. The van der Waals surface area contributed by atoms with E-state index in [0.717, 1.165) is 15.7 Å². The molecule has 3 heteroatoms. The van der Waals surface area contributed by atoms with E-state index >= 15 is 0 Å². The Labute approximate surface area is 91.9 Å². The van der Waals surface area contributed by atoms with Crippen molar-refractivity contribution in [2.45, 2.75) is 17.6 Å². The lowest BCUT2D eigenvalue weighted by Gasteiger charge is -2.01. The third kappa shape index (κ3) is 1.58. The number of thiol groups is 1. The second kappa shape index (κ2) is 3.52. The Hall–Kier alpha value is -0.180. The lowest BCUT2D eigenvalue weighted by Crippen LogP contribution is -1.81. The Morgan fingerprint density at radius 3 is 2.92 bits per heavy atom. The molecule has 0 atom stereocenters. The van der Waals surface area contributed by atoms with E-state index in [9.17, 15) is 0 Å². The first-order chi connectivity index (χ1) is 6.22. The van der Waals surface area contributed by atoms with E-state index in [-0.39, 0.29) is 0 Å². The molecule has 2 aromatic rings. The van der Waals surface area contributed by atoms with Crippen LogP contribution in [0.1, 0.15) is 12.5 Å². The molecule has 13 heavy (non-hydrogen) atoms. The number of fused-ring (bicyclic) bond motifs is 1. The Morgan fingerprint density at radius 2 is 2.23 bits per heavy atom. The van der Waals surface area contributed by atoms with Gasteiger partial charge in [0, 0.05) is 9.72 Å². The van der Waals surface area contributed by atoms with Crippen LogP contribution in [0.25, 0.3) is 10.1 Å². The van der Waals surface area contributed by atoms with Crippen LogP contribution in [-0.2, 0) is 6.42 Å². The van der Waals surface area contributed by atoms with Crippen LogP contribution in [0.15, 0.2) is 22.4 Å². The van der Waals surface area contributed by atoms with E-state index in [1.165, 1.54) is 15.6 Å². The summed E-state index contributed by atoms with van der Waals surface area (Å²) in [7, 11) is 0. The molecule has 0 unspecified atom stereocenters. The Kier molecular flexibility index (Phi) is 2.54. The maximum atomic E-state index is 6.09. The Bertz CT molecular complexity index is 445. The molecule has 0 aliphatic rings. The number of benzene rings is 1. The third-order valence-electron chi connectivity index (χ3n) is 2.07. The van der Waals surface area contributed by atoms with Crippen molar-refractivity contribution in [2.75, 3.05) is 0 Å². The molecule has 0 N–H and O–H groups in total. The van der Waals surface area contributed by atoms with E-state index in [2.05, 4.69) is 25.6 Å². The predicted octanol–water partition coefficient (Wildman–Crippen LogP) is 4.41. The van der Waals surface area contributed by atoms with E-state index in [1.807, 2.05) is 12.1 Å². The van der Waals surface area contributed by atoms with Crippen LogP contribution >= 0.6 is 35.6 Å². The van der Waals surface area contributed by atoms with Gasteiger partial charge in [-0.1, -0.05) is 24.6 Å². The quantitative estimate of drug-likeness (QED) is 0.687. The van der Waals surface area contributed by atoms with Gasteiger partial charge in [0.2, 0.25) is 0 Å². The van der Waals surface area contributed by atoms with E-state index < -0.39 is 0 Å². The monoisotopic (exact) mass is 228 g/mol. The second-order valence-electron chi connectivity index (χ2n) is 2.88. The molecular formula is C10H9ClS2. The highest BCUT2D eigenvalue weighted by molar-refractivity contribution is 7.83. The lowest BCUT2D eigenvalue weighted by molar-refractivity contribution is 1.16. The molecule has 0 saturated carbocycles. The minimum atomic E-state index is 0.866. The van der Waals surface area contributed by atoms with Gasteiger partial charge in [0.05, 0.1) is 4.21 Å². The van der Waals surface area contributed by atoms with Crippen molar-refractivity contribution in [1.82, 2.24) is 0 Å². The second-order valence-corrected chi connectivity index (χ2v) is 5.13. The SMILES string of the molecule is CCc1c(Cl)ccc2cc(S)sc12. The van der Waals surface area contributed by atoms with Crippen molar-refractivity contribution >= 4 is 45.7 Å². The van der Waals surface area contributed by atoms with Crippen molar-refractivity contribution in [2.24, 2.45) is 0 Å². The fraction of sp³-hybridized carbons (Fsp3) is 0.200. The van der Waals surface area contributed by atoms with Crippen molar-refractivity contribution in [3.05, 3.63) is 28.8 Å². The fourth-order valence-corrected chi connectivity index (χ4v) is 3.23. The molecule has 1 aromatic carbocycles. The summed E-state index contributed by atoms with van der Waals surface area (Å²) in [6.45, 7) is 2.12. The summed E-state index contributed by atoms with van der Waals surface area (Å²) in [6.07, 6.45) is 0.976. The van der Waals surface area contributed by atoms with Gasteiger partial charge in [0.15, 0.2) is 0 Å². The van der Waals surface area contributed by atoms with Crippen LogP contribution in [0, 0.1) is 0 Å². The fourth-order valence-electron chi connectivity index (χ4n) is 1.45. The number of hydrogen-bond donors (Lipinski definition) is 1. The van der Waals surface area contributed by atoms with Gasteiger partial charge in [0.25, 0.3) is 0 Å². The Morgan fingerprint density at radius 1 is 1.46 bits per heavy atom. The third-order valence-corrected chi connectivity index (χ3v) is 3.84. The minimum absolute atomic E-state index is 0.866. The summed E-state index contributed by atoms with van der Waals surface area (Å²) in [5.74, 6) is 0. The van der Waals surface area contributed by atoms with Crippen molar-refractivity contribution < 1.29 is 0 Å². The summed E-state index contributed by atoms with van der Waals surface area (Å²) in [4.78, 5) is 0. The molecule has 0 saturated heterocycles. The zero-order valence-corrected chi connectivity index (χ0v) is 9.64. The van der Waals surface area contributed by atoms with E-state index in [0.29, 0.717) is 0 Å². The van der Waals surface area contributed by atoms with Crippen LogP contribution in [-0.4, -0.2) is 0 Å². The lowest BCUT2D eigenvalue weighted by atomic mass is 10.1. The number of halogens is 1. The highest BCUT2D eigenvalue weighted by Gasteiger charge is 2.06. The molecule has 0 amide bonds. The summed E-state index contributed by atoms with van der Waals surface area (Å²) in [5.41, 5.74) is 1.24. The molecule has 68 valence electrons. The molecule has 1 aromatic heterocycles. The maximum absolute atomic E-state index is 6.09. The first-order valence-electron chi connectivity index (χ1n) is 4.12. The van der Waals surface area contributed by atoms with E-state index in [4.69, 9.17) is 11.6 Å². The van der Waals surface area contributed by atoms with Crippen LogP contribution in [0.2, 0.25) is 5.02 Å². The first-order valence-corrected chi connectivity index (χ1v) is 5.76. The minimum Gasteiger partial charge on any atom is -0.133 e. The number of rotatable bonds is 1. The van der Waals surface area contributed by atoms with Crippen LogP contribution < -0.4 is 0 Å². The molecule has 1 heterocycles. The summed E-state index contributed by atoms with van der Waals surface area (Å²) >= 11 is 12.1. The normalized spacial score (nSPS) is 11.0. The van der Waals surface area contributed by atoms with Crippen LogP contribution in [0.4, 0.5) is 0 Å². The van der Waals surface area contributed by atoms with Gasteiger partial charge in [-0.2, -0.15) is 0 Å². The smallest absolute Gasteiger partial charge is 0.0580 e. The first kappa shape index (κ1) is 9.38. The van der Waals surface area contributed by atoms with Crippen molar-refractivity contribution in [3.63, 3.8) is 0 Å². The van der Waals surface area contributed by atoms with Gasteiger partial charge in [-0.05, 0) is 29.5 Å². The molecular weight excluding hydrogens is 220 g/mol. The van der Waals surface area contributed by atoms with Crippen LogP contribution in [0.5, 0.6) is 0 Å². The summed E-state index contributed by atoms with van der Waals surface area (Å²) in [5, 5.41) is 2.11. The van der Waals surface area contributed by atoms with Gasteiger partial charge in [0.1, 0.15) is 0 Å². The zero-order valence-electron chi connectivity index (χ0n) is 7.17. The average Bonchev–Trinajstić information content (AvgIpc) is 2.45. The number of hydrogen-bond acceptors (Lipinski definition) is 2. The largest absolute Gasteiger partial charge is 0.133 e. The average molecular weight is 229 g/mol. The van der Waals surface area contributed by atoms with Gasteiger partial charge in [-0.15, -0.1) is 24.0 Å². The molecule has 0 aliphatic heterocycles. The molecule has 0 spiro atoms. The highest BCUT2D eigenvalue weighted by Crippen LogP contribution is 2.34. The van der Waals surface area contributed by atoms with Gasteiger partial charge < -0.3 is 0 Å². The molecule has 0 radical (unpaired) electrons. The highest BCUT2D eigenvalue weighted by atomic mass is 35.5. The van der Waals surface area contributed by atoms with Crippen LogP contribution in [0.3, 0.4) is 0 Å². The van der Waals surface area contributed by atoms with Gasteiger partial charge in [-0.3, -0.25) is 0 Å².